The Hall–Kier alpha value is -0.200. The highest BCUT2D eigenvalue weighted by Gasteiger charge is 1.96. The first-order valence-electron chi connectivity index (χ1n) is 5.88. The van der Waals surface area contributed by atoms with Crippen molar-refractivity contribution >= 4 is 0 Å². The molecule has 0 aromatic carbocycles. The monoisotopic (exact) mass is 219 g/mol. The van der Waals surface area contributed by atoms with Gasteiger partial charge >= 0.3 is 0 Å². The van der Waals surface area contributed by atoms with E-state index in [4.69, 9.17) is 17.2 Å². The van der Waals surface area contributed by atoms with Crippen molar-refractivity contribution in [2.45, 2.75) is 26.3 Å². The van der Waals surface area contributed by atoms with E-state index in [0.717, 1.165) is 39.1 Å². The van der Waals surface area contributed by atoms with Crippen LogP contribution in [0.2, 0.25) is 0 Å². The summed E-state index contributed by atoms with van der Waals surface area (Å²) in [4.78, 5) is 0. The molecule has 0 aromatic rings. The Morgan fingerprint density at radius 2 is 1.60 bits per heavy atom. The number of hydrogen-bond donors (Lipinski definition) is 5. The molecule has 1 atom stereocenters. The van der Waals surface area contributed by atoms with Crippen LogP contribution < -0.4 is 27.8 Å². The molecule has 0 aromatic heterocycles. The fraction of sp³-hybridized carbons (Fsp3) is 1.00. The zero-order valence-corrected chi connectivity index (χ0v) is 10.3. The molecule has 0 aliphatic heterocycles. The van der Waals surface area contributed by atoms with E-state index in [9.17, 15) is 0 Å². The SMILES string of the molecule is CC.NCCCNCCNCC(N)CN. The zero-order valence-electron chi connectivity index (χ0n) is 10.3. The fourth-order valence-corrected chi connectivity index (χ4v) is 0.900. The Labute approximate surface area is 94.1 Å². The van der Waals surface area contributed by atoms with Crippen LogP contribution in [0.5, 0.6) is 0 Å². The maximum Gasteiger partial charge on any atom is 0.0290 e. The van der Waals surface area contributed by atoms with Gasteiger partial charge in [-0.25, -0.2) is 0 Å². The van der Waals surface area contributed by atoms with Gasteiger partial charge in [0, 0.05) is 32.2 Å². The molecule has 0 bridgehead atoms. The predicted octanol–water partition coefficient (Wildman–Crippen LogP) is -1.17. The second-order valence-corrected chi connectivity index (χ2v) is 3.09. The van der Waals surface area contributed by atoms with Crippen LogP contribution in [-0.4, -0.2) is 45.3 Å². The largest absolute Gasteiger partial charge is 0.330 e. The molecule has 0 rings (SSSR count). The van der Waals surface area contributed by atoms with E-state index in [-0.39, 0.29) is 6.04 Å². The van der Waals surface area contributed by atoms with Gasteiger partial charge in [0.15, 0.2) is 0 Å². The molecule has 0 aliphatic rings. The van der Waals surface area contributed by atoms with Crippen LogP contribution in [0.15, 0.2) is 0 Å². The van der Waals surface area contributed by atoms with Gasteiger partial charge in [0.1, 0.15) is 0 Å². The Bertz CT molecular complexity index is 99.8. The van der Waals surface area contributed by atoms with Crippen LogP contribution in [-0.2, 0) is 0 Å². The van der Waals surface area contributed by atoms with Crippen LogP contribution in [0, 0.1) is 0 Å². The lowest BCUT2D eigenvalue weighted by molar-refractivity contribution is 0.555. The summed E-state index contributed by atoms with van der Waals surface area (Å²) in [5.41, 5.74) is 16.3. The zero-order chi connectivity index (χ0) is 11.9. The van der Waals surface area contributed by atoms with Gasteiger partial charge in [-0.3, -0.25) is 0 Å². The summed E-state index contributed by atoms with van der Waals surface area (Å²) in [6.07, 6.45) is 1.03. The van der Waals surface area contributed by atoms with Gasteiger partial charge in [-0.1, -0.05) is 13.8 Å². The van der Waals surface area contributed by atoms with Crippen molar-refractivity contribution in [1.82, 2.24) is 10.6 Å². The molecule has 5 heteroatoms. The van der Waals surface area contributed by atoms with Crippen LogP contribution in [0.1, 0.15) is 20.3 Å². The molecule has 0 saturated heterocycles. The molecular formula is C10H29N5. The van der Waals surface area contributed by atoms with Gasteiger partial charge in [-0.15, -0.1) is 0 Å². The fourth-order valence-electron chi connectivity index (χ4n) is 0.900. The van der Waals surface area contributed by atoms with E-state index >= 15 is 0 Å². The highest BCUT2D eigenvalue weighted by atomic mass is 15.0. The summed E-state index contributed by atoms with van der Waals surface area (Å²) in [5.74, 6) is 0. The van der Waals surface area contributed by atoms with E-state index in [2.05, 4.69) is 10.6 Å². The number of rotatable bonds is 9. The molecule has 1 unspecified atom stereocenters. The van der Waals surface area contributed by atoms with E-state index in [1.54, 1.807) is 0 Å². The average molecular weight is 219 g/mol. The highest BCUT2D eigenvalue weighted by Crippen LogP contribution is 1.70. The van der Waals surface area contributed by atoms with Crippen molar-refractivity contribution in [3.8, 4) is 0 Å². The Kier molecular flexibility index (Phi) is 18.6. The quantitative estimate of drug-likeness (QED) is 0.314. The molecule has 0 spiro atoms. The Morgan fingerprint density at radius 1 is 1.00 bits per heavy atom. The molecule has 5 nitrogen and oxygen atoms in total. The Morgan fingerprint density at radius 3 is 2.13 bits per heavy atom. The molecule has 8 N–H and O–H groups in total. The summed E-state index contributed by atoms with van der Waals surface area (Å²) >= 11 is 0. The molecule has 94 valence electrons. The minimum Gasteiger partial charge on any atom is -0.330 e. The van der Waals surface area contributed by atoms with E-state index in [1.165, 1.54) is 0 Å². The summed E-state index contributed by atoms with van der Waals surface area (Å²) in [5, 5.41) is 6.48. The first-order chi connectivity index (χ1) is 7.31. The first-order valence-corrected chi connectivity index (χ1v) is 5.88. The van der Waals surface area contributed by atoms with Gasteiger partial charge in [-0.05, 0) is 19.5 Å². The lowest BCUT2D eigenvalue weighted by Crippen LogP contribution is -2.41. The van der Waals surface area contributed by atoms with Crippen LogP contribution in [0.3, 0.4) is 0 Å². The van der Waals surface area contributed by atoms with Crippen LogP contribution in [0.25, 0.3) is 0 Å². The number of nitrogens with two attached hydrogens (primary N) is 3. The number of nitrogens with one attached hydrogen (secondary N) is 2. The number of hydrogen-bond acceptors (Lipinski definition) is 5. The molecule has 0 aliphatic carbocycles. The highest BCUT2D eigenvalue weighted by molar-refractivity contribution is 4.64. The summed E-state index contributed by atoms with van der Waals surface area (Å²) in [7, 11) is 0. The smallest absolute Gasteiger partial charge is 0.0290 e. The van der Waals surface area contributed by atoms with Crippen LogP contribution >= 0.6 is 0 Å². The van der Waals surface area contributed by atoms with Gasteiger partial charge in [0.05, 0.1) is 0 Å². The van der Waals surface area contributed by atoms with Gasteiger partial charge in [-0.2, -0.15) is 0 Å². The first kappa shape index (κ1) is 17.2. The normalized spacial score (nSPS) is 11.8. The maximum absolute atomic E-state index is 5.61. The van der Waals surface area contributed by atoms with Crippen molar-refractivity contribution in [1.29, 1.82) is 0 Å². The standard InChI is InChI=1S/C8H23N5.C2H6/c9-2-1-3-12-4-5-13-7-8(11)6-10;1-2/h8,12-13H,1-7,9-11H2;1-2H3. The van der Waals surface area contributed by atoms with Crippen molar-refractivity contribution in [3.63, 3.8) is 0 Å². The topological polar surface area (TPSA) is 102 Å². The predicted molar refractivity (Wildman–Crippen MR) is 67.8 cm³/mol. The minimum atomic E-state index is 0.0732. The third-order valence-electron chi connectivity index (χ3n) is 1.75. The van der Waals surface area contributed by atoms with Crippen molar-refractivity contribution in [2.24, 2.45) is 17.2 Å². The van der Waals surface area contributed by atoms with Crippen molar-refractivity contribution in [3.05, 3.63) is 0 Å². The molecule has 0 radical (unpaired) electrons. The summed E-state index contributed by atoms with van der Waals surface area (Å²) < 4.78 is 0. The summed E-state index contributed by atoms with van der Waals surface area (Å²) in [6.45, 7) is 8.94. The Balaban J connectivity index is 0. The third kappa shape index (κ3) is 16.5. The van der Waals surface area contributed by atoms with Gasteiger partial charge in [0.25, 0.3) is 0 Å². The summed E-state index contributed by atoms with van der Waals surface area (Å²) in [6, 6.07) is 0.0732. The lowest BCUT2D eigenvalue weighted by Gasteiger charge is -2.10. The van der Waals surface area contributed by atoms with Crippen LogP contribution in [0.4, 0.5) is 0 Å². The second-order valence-electron chi connectivity index (χ2n) is 3.09. The van der Waals surface area contributed by atoms with Crippen molar-refractivity contribution < 1.29 is 0 Å². The molecule has 0 amide bonds. The second kappa shape index (κ2) is 16.2. The third-order valence-corrected chi connectivity index (χ3v) is 1.75. The minimum absolute atomic E-state index is 0.0732. The van der Waals surface area contributed by atoms with Gasteiger partial charge in [0.2, 0.25) is 0 Å². The molecule has 0 fully saturated rings. The molecule has 15 heavy (non-hydrogen) atoms. The molecule has 0 heterocycles. The van der Waals surface area contributed by atoms with Gasteiger partial charge < -0.3 is 27.8 Å². The van der Waals surface area contributed by atoms with Crippen molar-refractivity contribution in [2.75, 3.05) is 39.3 Å². The lowest BCUT2D eigenvalue weighted by atomic mass is 10.3. The van der Waals surface area contributed by atoms with E-state index in [1.807, 2.05) is 13.8 Å². The molecule has 0 saturated carbocycles. The molecular weight excluding hydrogens is 190 g/mol. The maximum atomic E-state index is 5.61. The average Bonchev–Trinajstić information content (AvgIpc) is 2.30. The van der Waals surface area contributed by atoms with E-state index < -0.39 is 0 Å². The van der Waals surface area contributed by atoms with E-state index in [0.29, 0.717) is 6.54 Å².